The molecule has 1 atom stereocenters. The molecule has 0 spiro atoms. The Morgan fingerprint density at radius 1 is 1.37 bits per heavy atom. The van der Waals surface area contributed by atoms with Crippen LogP contribution in [0.1, 0.15) is 54.9 Å². The summed E-state index contributed by atoms with van der Waals surface area (Å²) in [6.45, 7) is 15.4. The molecule has 4 heteroatoms. The molecular weight excluding hydrogens is 240 g/mol. The van der Waals surface area contributed by atoms with Crippen molar-refractivity contribution in [3.05, 3.63) is 0 Å². The summed E-state index contributed by atoms with van der Waals surface area (Å²) in [5.41, 5.74) is 5.75. The molecule has 4 nitrogen and oxygen atoms in total. The van der Waals surface area contributed by atoms with Crippen molar-refractivity contribution in [2.75, 3.05) is 13.1 Å². The number of amides is 1. The molecule has 1 rings (SSSR count). The summed E-state index contributed by atoms with van der Waals surface area (Å²) in [4.78, 5) is 14.1. The Morgan fingerprint density at radius 2 is 1.84 bits per heavy atom. The number of rotatable bonds is 4. The molecule has 0 heterocycles. The summed E-state index contributed by atoms with van der Waals surface area (Å²) in [6, 6.07) is 0.120. The first-order chi connectivity index (χ1) is 8.44. The highest BCUT2D eigenvalue weighted by atomic mass is 16.6. The van der Waals surface area contributed by atoms with Crippen LogP contribution in [0.15, 0.2) is 0 Å². The van der Waals surface area contributed by atoms with E-state index in [0.29, 0.717) is 13.1 Å². The van der Waals surface area contributed by atoms with Gasteiger partial charge in [0.1, 0.15) is 5.60 Å². The summed E-state index contributed by atoms with van der Waals surface area (Å²) in [7, 11) is 0. The van der Waals surface area contributed by atoms with E-state index >= 15 is 0 Å². The Hall–Kier alpha value is -0.770. The van der Waals surface area contributed by atoms with Crippen molar-refractivity contribution < 1.29 is 9.53 Å². The molecule has 0 bridgehead atoms. The standard InChI is InChI=1S/C15H30N2O2/c1-11(2)17(12(18)19-13(3,4)5)10-15(9-16)8-14(15,6)7/h11H,8-10,16H2,1-7H3. The third-order valence-electron chi connectivity index (χ3n) is 4.21. The summed E-state index contributed by atoms with van der Waals surface area (Å²) < 4.78 is 5.49. The molecule has 1 saturated carbocycles. The number of ether oxygens (including phenoxy) is 1. The molecule has 1 aliphatic rings. The highest BCUT2D eigenvalue weighted by molar-refractivity contribution is 5.68. The van der Waals surface area contributed by atoms with E-state index in [0.717, 1.165) is 6.42 Å². The van der Waals surface area contributed by atoms with Crippen LogP contribution in [-0.4, -0.2) is 35.7 Å². The minimum Gasteiger partial charge on any atom is -0.444 e. The van der Waals surface area contributed by atoms with Crippen LogP contribution in [0.5, 0.6) is 0 Å². The van der Waals surface area contributed by atoms with Gasteiger partial charge >= 0.3 is 6.09 Å². The van der Waals surface area contributed by atoms with Crippen LogP contribution in [-0.2, 0) is 4.74 Å². The van der Waals surface area contributed by atoms with E-state index in [1.165, 1.54) is 0 Å². The molecule has 0 aromatic rings. The van der Waals surface area contributed by atoms with E-state index < -0.39 is 5.60 Å². The zero-order valence-electron chi connectivity index (χ0n) is 13.5. The molecular formula is C15H30N2O2. The third-order valence-corrected chi connectivity index (χ3v) is 4.21. The molecule has 1 aliphatic carbocycles. The van der Waals surface area contributed by atoms with Gasteiger partial charge < -0.3 is 15.4 Å². The van der Waals surface area contributed by atoms with Crippen LogP contribution in [0.2, 0.25) is 0 Å². The fourth-order valence-corrected chi connectivity index (χ4v) is 2.59. The van der Waals surface area contributed by atoms with Crippen LogP contribution in [0.3, 0.4) is 0 Å². The van der Waals surface area contributed by atoms with Gasteiger partial charge in [-0.1, -0.05) is 13.8 Å². The van der Waals surface area contributed by atoms with Crippen LogP contribution in [0, 0.1) is 10.8 Å². The van der Waals surface area contributed by atoms with Gasteiger partial charge in [-0.05, 0) is 46.5 Å². The van der Waals surface area contributed by atoms with Crippen LogP contribution < -0.4 is 5.73 Å². The van der Waals surface area contributed by atoms with Gasteiger partial charge in [0, 0.05) is 24.5 Å². The lowest BCUT2D eigenvalue weighted by Crippen LogP contribution is -2.46. The molecule has 19 heavy (non-hydrogen) atoms. The monoisotopic (exact) mass is 270 g/mol. The topological polar surface area (TPSA) is 55.6 Å². The largest absolute Gasteiger partial charge is 0.444 e. The normalized spacial score (nSPS) is 25.3. The predicted octanol–water partition coefficient (Wildman–Crippen LogP) is 3.01. The maximum atomic E-state index is 12.3. The Balaban J connectivity index is 2.78. The Labute approximate surface area is 117 Å². The molecule has 112 valence electrons. The fraction of sp³-hybridized carbons (Fsp3) is 0.933. The van der Waals surface area contributed by atoms with Crippen molar-refractivity contribution in [1.82, 2.24) is 4.90 Å². The Kier molecular flexibility index (Phi) is 4.26. The van der Waals surface area contributed by atoms with Gasteiger partial charge in [-0.3, -0.25) is 0 Å². The van der Waals surface area contributed by atoms with E-state index in [4.69, 9.17) is 10.5 Å². The van der Waals surface area contributed by atoms with Crippen LogP contribution >= 0.6 is 0 Å². The van der Waals surface area contributed by atoms with E-state index in [1.807, 2.05) is 39.5 Å². The van der Waals surface area contributed by atoms with Gasteiger partial charge in [0.15, 0.2) is 0 Å². The van der Waals surface area contributed by atoms with Crippen molar-refractivity contribution >= 4 is 6.09 Å². The number of hydrogen-bond donors (Lipinski definition) is 1. The lowest BCUT2D eigenvalue weighted by atomic mass is 9.95. The Bertz CT molecular complexity index is 345. The minimum absolute atomic E-state index is 0.0498. The van der Waals surface area contributed by atoms with Gasteiger partial charge in [-0.25, -0.2) is 4.79 Å². The van der Waals surface area contributed by atoms with Crippen molar-refractivity contribution in [1.29, 1.82) is 0 Å². The van der Waals surface area contributed by atoms with E-state index in [-0.39, 0.29) is 23.0 Å². The second kappa shape index (κ2) is 4.97. The predicted molar refractivity (Wildman–Crippen MR) is 78.0 cm³/mol. The molecule has 1 amide bonds. The van der Waals surface area contributed by atoms with Gasteiger partial charge in [-0.2, -0.15) is 0 Å². The highest BCUT2D eigenvalue weighted by Crippen LogP contribution is 2.63. The van der Waals surface area contributed by atoms with E-state index in [2.05, 4.69) is 13.8 Å². The fourth-order valence-electron chi connectivity index (χ4n) is 2.59. The quantitative estimate of drug-likeness (QED) is 0.854. The smallest absolute Gasteiger partial charge is 0.410 e. The second-order valence-electron chi connectivity index (χ2n) is 7.75. The van der Waals surface area contributed by atoms with E-state index in [9.17, 15) is 4.79 Å². The van der Waals surface area contributed by atoms with Gasteiger partial charge in [0.25, 0.3) is 0 Å². The molecule has 1 unspecified atom stereocenters. The highest BCUT2D eigenvalue weighted by Gasteiger charge is 2.61. The van der Waals surface area contributed by atoms with Crippen molar-refractivity contribution in [2.45, 2.75) is 66.5 Å². The first-order valence-corrected chi connectivity index (χ1v) is 7.14. The first kappa shape index (κ1) is 16.3. The number of nitrogens with two attached hydrogens (primary N) is 1. The molecule has 0 aliphatic heterocycles. The summed E-state index contributed by atoms with van der Waals surface area (Å²) in [5, 5.41) is 0. The zero-order valence-corrected chi connectivity index (χ0v) is 13.5. The summed E-state index contributed by atoms with van der Waals surface area (Å²) in [5.74, 6) is 0. The number of carbonyl (C=O) groups is 1. The summed E-state index contributed by atoms with van der Waals surface area (Å²) >= 11 is 0. The van der Waals surface area contributed by atoms with E-state index in [1.54, 1.807) is 0 Å². The first-order valence-electron chi connectivity index (χ1n) is 7.14. The molecule has 0 radical (unpaired) electrons. The minimum atomic E-state index is -0.459. The molecule has 0 aromatic carbocycles. The number of carbonyl (C=O) groups excluding carboxylic acids is 1. The SMILES string of the molecule is CC(C)N(CC1(CN)CC1(C)C)C(=O)OC(C)(C)C. The van der Waals surface area contributed by atoms with Gasteiger partial charge in [0.2, 0.25) is 0 Å². The zero-order chi connectivity index (χ0) is 15.1. The van der Waals surface area contributed by atoms with Gasteiger partial charge in [-0.15, -0.1) is 0 Å². The number of nitrogens with zero attached hydrogens (tertiary/aromatic N) is 1. The average molecular weight is 270 g/mol. The maximum Gasteiger partial charge on any atom is 0.410 e. The lowest BCUT2D eigenvalue weighted by molar-refractivity contribution is 0.0133. The third kappa shape index (κ3) is 3.62. The van der Waals surface area contributed by atoms with Crippen molar-refractivity contribution in [3.8, 4) is 0 Å². The van der Waals surface area contributed by atoms with Gasteiger partial charge in [0.05, 0.1) is 0 Å². The molecule has 0 aromatic heterocycles. The van der Waals surface area contributed by atoms with Crippen LogP contribution in [0.25, 0.3) is 0 Å². The number of hydrogen-bond acceptors (Lipinski definition) is 3. The summed E-state index contributed by atoms with van der Waals surface area (Å²) in [6.07, 6.45) is 0.834. The average Bonchev–Trinajstić information content (AvgIpc) is 2.74. The maximum absolute atomic E-state index is 12.3. The van der Waals surface area contributed by atoms with Crippen molar-refractivity contribution in [3.63, 3.8) is 0 Å². The molecule has 0 saturated heterocycles. The second-order valence-corrected chi connectivity index (χ2v) is 7.75. The van der Waals surface area contributed by atoms with Crippen molar-refractivity contribution in [2.24, 2.45) is 16.6 Å². The molecule has 1 fully saturated rings. The lowest BCUT2D eigenvalue weighted by Gasteiger charge is -2.34. The molecule has 2 N–H and O–H groups in total. The van der Waals surface area contributed by atoms with Crippen LogP contribution in [0.4, 0.5) is 4.79 Å². The Morgan fingerprint density at radius 3 is 2.11 bits per heavy atom.